The van der Waals surface area contributed by atoms with Gasteiger partial charge >= 0.3 is 5.97 Å². The minimum Gasteiger partial charge on any atom is -0.493 e. The van der Waals surface area contributed by atoms with Crippen LogP contribution in [0.4, 0.5) is 5.13 Å². The lowest BCUT2D eigenvalue weighted by molar-refractivity contribution is 0.0435. The lowest BCUT2D eigenvalue weighted by Gasteiger charge is -2.13. The van der Waals surface area contributed by atoms with Gasteiger partial charge in [0.1, 0.15) is 5.56 Å². The summed E-state index contributed by atoms with van der Waals surface area (Å²) in [5.41, 5.74) is 1.99. The summed E-state index contributed by atoms with van der Waals surface area (Å²) in [5, 5.41) is 7.84. The molecule has 25 heavy (non-hydrogen) atoms. The topological polar surface area (TPSA) is 69.7 Å². The number of aromatic nitrogens is 1. The second-order valence-electron chi connectivity index (χ2n) is 5.21. The first-order valence-corrected chi connectivity index (χ1v) is 9.19. The van der Waals surface area contributed by atoms with Crippen molar-refractivity contribution in [3.8, 4) is 22.1 Å². The van der Waals surface area contributed by atoms with Gasteiger partial charge in [0.05, 0.1) is 24.8 Å². The number of carbonyl (C=O) groups excluding carboxylic acids is 1. The molecular formula is C17H14N2O4S2. The van der Waals surface area contributed by atoms with Crippen LogP contribution < -0.4 is 14.8 Å². The molecule has 1 aliphatic rings. The van der Waals surface area contributed by atoms with Gasteiger partial charge in [-0.3, -0.25) is 0 Å². The first-order valence-electron chi connectivity index (χ1n) is 7.43. The molecule has 1 unspecified atom stereocenters. The Morgan fingerprint density at radius 1 is 1.20 bits per heavy atom. The van der Waals surface area contributed by atoms with E-state index in [0.29, 0.717) is 27.8 Å². The molecule has 0 amide bonds. The zero-order chi connectivity index (χ0) is 17.4. The van der Waals surface area contributed by atoms with Crippen molar-refractivity contribution >= 4 is 33.8 Å². The average Bonchev–Trinajstić information content (AvgIpc) is 3.35. The molecule has 1 N–H and O–H groups in total. The number of carbonyl (C=O) groups is 1. The number of hydrogen-bond donors (Lipinski definition) is 1. The summed E-state index contributed by atoms with van der Waals surface area (Å²) in [6.45, 7) is 0. The van der Waals surface area contributed by atoms with E-state index in [9.17, 15) is 4.79 Å². The standard InChI is InChI=1S/C17H14N2O4S2/c1-21-11-6-5-9-13(14(11)22-2)16(20)23-15(9)19-17-18-10(8-25-17)12-4-3-7-24-12/h3-8,15H,1-2H3,(H,18,19). The SMILES string of the molecule is COc1ccc2c(c1OC)C(=O)OC2Nc1nc(-c2cccs2)cs1. The van der Waals surface area contributed by atoms with Crippen LogP contribution >= 0.6 is 22.7 Å². The smallest absolute Gasteiger partial charge is 0.344 e. The largest absolute Gasteiger partial charge is 0.493 e. The summed E-state index contributed by atoms with van der Waals surface area (Å²) in [7, 11) is 3.03. The number of cyclic esters (lactones) is 1. The fourth-order valence-electron chi connectivity index (χ4n) is 2.70. The molecule has 8 heteroatoms. The normalized spacial score (nSPS) is 15.6. The van der Waals surface area contributed by atoms with Gasteiger partial charge < -0.3 is 19.5 Å². The van der Waals surface area contributed by atoms with Gasteiger partial charge in [-0.25, -0.2) is 9.78 Å². The molecule has 2 aromatic heterocycles. The van der Waals surface area contributed by atoms with E-state index in [1.165, 1.54) is 25.6 Å². The van der Waals surface area contributed by atoms with E-state index < -0.39 is 12.2 Å². The molecule has 4 rings (SSSR count). The fraction of sp³-hybridized carbons (Fsp3) is 0.176. The van der Waals surface area contributed by atoms with Gasteiger partial charge in [0.15, 0.2) is 16.6 Å². The van der Waals surface area contributed by atoms with E-state index in [0.717, 1.165) is 10.6 Å². The summed E-state index contributed by atoms with van der Waals surface area (Å²) in [6.07, 6.45) is -0.607. The summed E-state index contributed by atoms with van der Waals surface area (Å²) in [5.74, 6) is 0.430. The zero-order valence-electron chi connectivity index (χ0n) is 13.4. The number of thiazole rings is 1. The predicted molar refractivity (Wildman–Crippen MR) is 96.8 cm³/mol. The third-order valence-corrected chi connectivity index (χ3v) is 5.49. The van der Waals surface area contributed by atoms with Crippen LogP contribution in [0.25, 0.3) is 10.6 Å². The Balaban J connectivity index is 1.63. The second kappa shape index (κ2) is 6.38. The Morgan fingerprint density at radius 3 is 2.80 bits per heavy atom. The molecular weight excluding hydrogens is 360 g/mol. The summed E-state index contributed by atoms with van der Waals surface area (Å²) < 4.78 is 16.0. The number of benzene rings is 1. The van der Waals surface area contributed by atoms with Crippen molar-refractivity contribution < 1.29 is 19.0 Å². The van der Waals surface area contributed by atoms with Gasteiger partial charge in [-0.1, -0.05) is 6.07 Å². The molecule has 0 saturated heterocycles. The molecule has 0 radical (unpaired) electrons. The van der Waals surface area contributed by atoms with E-state index in [-0.39, 0.29) is 0 Å². The van der Waals surface area contributed by atoms with Crippen LogP contribution in [-0.2, 0) is 4.74 Å². The number of methoxy groups -OCH3 is 2. The first kappa shape index (κ1) is 15.9. The third-order valence-electron chi connectivity index (χ3n) is 3.82. The molecule has 3 aromatic rings. The molecule has 0 bridgehead atoms. The van der Waals surface area contributed by atoms with Crippen LogP contribution in [-0.4, -0.2) is 25.2 Å². The number of rotatable bonds is 5. The Kier molecular flexibility index (Phi) is 4.06. The Labute approximate surface area is 152 Å². The monoisotopic (exact) mass is 374 g/mol. The lowest BCUT2D eigenvalue weighted by Crippen LogP contribution is -2.09. The number of thiophene rings is 1. The number of nitrogens with one attached hydrogen (secondary N) is 1. The fourth-order valence-corrected chi connectivity index (χ4v) is 4.19. The molecule has 6 nitrogen and oxygen atoms in total. The maximum absolute atomic E-state index is 12.3. The number of esters is 1. The molecule has 0 spiro atoms. The van der Waals surface area contributed by atoms with Crippen molar-refractivity contribution in [3.05, 3.63) is 46.2 Å². The number of nitrogens with zero attached hydrogens (tertiary/aromatic N) is 1. The van der Waals surface area contributed by atoms with Gasteiger partial charge in [0.25, 0.3) is 0 Å². The van der Waals surface area contributed by atoms with Crippen LogP contribution in [0.1, 0.15) is 22.1 Å². The van der Waals surface area contributed by atoms with E-state index in [1.54, 1.807) is 23.5 Å². The van der Waals surface area contributed by atoms with Gasteiger partial charge in [-0.2, -0.15) is 0 Å². The van der Waals surface area contributed by atoms with E-state index >= 15 is 0 Å². The predicted octanol–water partition coefficient (Wildman–Crippen LogP) is 4.17. The zero-order valence-corrected chi connectivity index (χ0v) is 15.1. The number of fused-ring (bicyclic) bond motifs is 1. The quantitative estimate of drug-likeness (QED) is 0.676. The summed E-state index contributed by atoms with van der Waals surface area (Å²) in [6, 6.07) is 7.56. The van der Waals surface area contributed by atoms with E-state index in [4.69, 9.17) is 14.2 Å². The van der Waals surface area contributed by atoms with Crippen molar-refractivity contribution in [1.29, 1.82) is 0 Å². The maximum Gasteiger partial charge on any atom is 0.344 e. The van der Waals surface area contributed by atoms with Crippen LogP contribution in [0.2, 0.25) is 0 Å². The highest BCUT2D eigenvalue weighted by atomic mass is 32.1. The highest BCUT2D eigenvalue weighted by molar-refractivity contribution is 7.15. The molecule has 1 aromatic carbocycles. The van der Waals surface area contributed by atoms with Gasteiger partial charge in [0.2, 0.25) is 6.23 Å². The maximum atomic E-state index is 12.3. The van der Waals surface area contributed by atoms with Crippen molar-refractivity contribution in [1.82, 2.24) is 4.98 Å². The Bertz CT molecular complexity index is 921. The average molecular weight is 374 g/mol. The highest BCUT2D eigenvalue weighted by Crippen LogP contribution is 2.42. The van der Waals surface area contributed by atoms with E-state index in [2.05, 4.69) is 10.3 Å². The number of hydrogen-bond acceptors (Lipinski definition) is 8. The van der Waals surface area contributed by atoms with Crippen molar-refractivity contribution in [2.24, 2.45) is 0 Å². The van der Waals surface area contributed by atoms with Gasteiger partial charge in [0, 0.05) is 10.9 Å². The van der Waals surface area contributed by atoms with Crippen molar-refractivity contribution in [2.45, 2.75) is 6.23 Å². The van der Waals surface area contributed by atoms with Crippen LogP contribution in [0, 0.1) is 0 Å². The Morgan fingerprint density at radius 2 is 2.08 bits per heavy atom. The highest BCUT2D eigenvalue weighted by Gasteiger charge is 2.36. The molecule has 3 heterocycles. The van der Waals surface area contributed by atoms with Gasteiger partial charge in [-0.05, 0) is 23.6 Å². The van der Waals surface area contributed by atoms with E-state index in [1.807, 2.05) is 22.9 Å². The van der Waals surface area contributed by atoms with Crippen LogP contribution in [0.3, 0.4) is 0 Å². The minimum atomic E-state index is -0.607. The summed E-state index contributed by atoms with van der Waals surface area (Å²) in [4.78, 5) is 18.0. The molecule has 1 atom stereocenters. The molecule has 0 saturated carbocycles. The molecule has 128 valence electrons. The van der Waals surface area contributed by atoms with Crippen molar-refractivity contribution in [2.75, 3.05) is 19.5 Å². The van der Waals surface area contributed by atoms with Crippen LogP contribution in [0.15, 0.2) is 35.0 Å². The second-order valence-corrected chi connectivity index (χ2v) is 7.02. The molecule has 0 aliphatic carbocycles. The first-order chi connectivity index (χ1) is 12.2. The van der Waals surface area contributed by atoms with Crippen LogP contribution in [0.5, 0.6) is 11.5 Å². The Hall–Kier alpha value is -2.58. The summed E-state index contributed by atoms with van der Waals surface area (Å²) >= 11 is 3.10. The van der Waals surface area contributed by atoms with Crippen molar-refractivity contribution in [3.63, 3.8) is 0 Å². The third kappa shape index (κ3) is 2.73. The number of ether oxygens (including phenoxy) is 3. The number of anilines is 1. The minimum absolute atomic E-state index is 0.382. The van der Waals surface area contributed by atoms with Gasteiger partial charge in [-0.15, -0.1) is 22.7 Å². The lowest BCUT2D eigenvalue weighted by atomic mass is 10.1. The molecule has 0 fully saturated rings. The molecule has 1 aliphatic heterocycles.